The molecule has 0 spiro atoms. The summed E-state index contributed by atoms with van der Waals surface area (Å²) in [6.07, 6.45) is 3.43. The maximum Gasteiger partial charge on any atom is 0.223 e. The Bertz CT molecular complexity index is 609. The minimum absolute atomic E-state index is 0.243. The SMILES string of the molecule is Nc1ccccc1CCC(=O)N1CCCC1c1ccsc1. The van der Waals surface area contributed by atoms with Crippen molar-refractivity contribution >= 4 is 22.9 Å². The normalized spacial score (nSPS) is 18.1. The highest BCUT2D eigenvalue weighted by molar-refractivity contribution is 7.07. The van der Waals surface area contributed by atoms with E-state index < -0.39 is 0 Å². The van der Waals surface area contributed by atoms with E-state index in [4.69, 9.17) is 5.73 Å². The summed E-state index contributed by atoms with van der Waals surface area (Å²) < 4.78 is 0. The molecule has 1 aliphatic heterocycles. The highest BCUT2D eigenvalue weighted by atomic mass is 32.1. The molecule has 1 amide bonds. The van der Waals surface area contributed by atoms with Crippen molar-refractivity contribution in [2.45, 2.75) is 31.7 Å². The van der Waals surface area contributed by atoms with E-state index in [1.165, 1.54) is 5.56 Å². The topological polar surface area (TPSA) is 46.3 Å². The molecule has 1 fully saturated rings. The molecule has 1 aromatic heterocycles. The van der Waals surface area contributed by atoms with Crippen molar-refractivity contribution in [1.29, 1.82) is 0 Å². The number of rotatable bonds is 4. The van der Waals surface area contributed by atoms with E-state index in [0.717, 1.165) is 37.1 Å². The molecule has 0 aliphatic carbocycles. The van der Waals surface area contributed by atoms with Crippen LogP contribution < -0.4 is 5.73 Å². The van der Waals surface area contributed by atoms with Gasteiger partial charge in [0.15, 0.2) is 0 Å². The Balaban J connectivity index is 1.64. The molecule has 3 rings (SSSR count). The van der Waals surface area contributed by atoms with Gasteiger partial charge in [-0.15, -0.1) is 0 Å². The van der Waals surface area contributed by atoms with Crippen LogP contribution in [0.1, 0.15) is 36.4 Å². The number of nitrogens with zero attached hydrogens (tertiary/aromatic N) is 1. The first kappa shape index (κ1) is 14.1. The lowest BCUT2D eigenvalue weighted by molar-refractivity contribution is -0.132. The van der Waals surface area contributed by atoms with Gasteiger partial charge in [-0.1, -0.05) is 18.2 Å². The van der Waals surface area contributed by atoms with Crippen LogP contribution in [-0.2, 0) is 11.2 Å². The van der Waals surface area contributed by atoms with Crippen LogP contribution in [0.15, 0.2) is 41.1 Å². The van der Waals surface area contributed by atoms with E-state index >= 15 is 0 Å². The number of aryl methyl sites for hydroxylation is 1. The van der Waals surface area contributed by atoms with E-state index in [1.807, 2.05) is 29.2 Å². The molecule has 2 N–H and O–H groups in total. The van der Waals surface area contributed by atoms with Gasteiger partial charge in [0, 0.05) is 18.7 Å². The quantitative estimate of drug-likeness (QED) is 0.877. The molecule has 1 atom stereocenters. The number of hydrogen-bond acceptors (Lipinski definition) is 3. The van der Waals surface area contributed by atoms with Crippen LogP contribution in [0.3, 0.4) is 0 Å². The monoisotopic (exact) mass is 300 g/mol. The summed E-state index contributed by atoms with van der Waals surface area (Å²) in [4.78, 5) is 14.6. The number of carbonyl (C=O) groups is 1. The zero-order valence-electron chi connectivity index (χ0n) is 12.0. The second-order valence-electron chi connectivity index (χ2n) is 5.50. The molecule has 110 valence electrons. The second kappa shape index (κ2) is 6.31. The van der Waals surface area contributed by atoms with Gasteiger partial charge in [-0.05, 0) is 53.3 Å². The maximum absolute atomic E-state index is 12.5. The van der Waals surface area contributed by atoms with E-state index in [9.17, 15) is 4.79 Å². The zero-order valence-corrected chi connectivity index (χ0v) is 12.8. The van der Waals surface area contributed by atoms with Crippen LogP contribution in [0.25, 0.3) is 0 Å². The number of amides is 1. The number of thiophene rings is 1. The van der Waals surface area contributed by atoms with Crippen molar-refractivity contribution in [1.82, 2.24) is 4.90 Å². The number of anilines is 1. The fraction of sp³-hybridized carbons (Fsp3) is 0.353. The third-order valence-electron chi connectivity index (χ3n) is 4.16. The van der Waals surface area contributed by atoms with Crippen molar-refractivity contribution in [3.8, 4) is 0 Å². The highest BCUT2D eigenvalue weighted by Crippen LogP contribution is 2.33. The Morgan fingerprint density at radius 2 is 2.19 bits per heavy atom. The summed E-state index contributed by atoms with van der Waals surface area (Å²) in [5.74, 6) is 0.243. The van der Waals surface area contributed by atoms with Crippen LogP contribution in [0.5, 0.6) is 0 Å². The summed E-state index contributed by atoms with van der Waals surface area (Å²) >= 11 is 1.70. The fourth-order valence-electron chi connectivity index (χ4n) is 3.02. The first-order valence-corrected chi connectivity index (χ1v) is 8.35. The number of likely N-dealkylation sites (tertiary alicyclic amines) is 1. The molecule has 0 saturated carbocycles. The van der Waals surface area contributed by atoms with Gasteiger partial charge in [0.2, 0.25) is 5.91 Å². The molecule has 4 heteroatoms. The zero-order chi connectivity index (χ0) is 14.7. The Morgan fingerprint density at radius 3 is 2.95 bits per heavy atom. The smallest absolute Gasteiger partial charge is 0.223 e. The van der Waals surface area contributed by atoms with Crippen LogP contribution in [0.4, 0.5) is 5.69 Å². The van der Waals surface area contributed by atoms with Gasteiger partial charge < -0.3 is 10.6 Å². The minimum atomic E-state index is 0.243. The average Bonchev–Trinajstić information content (AvgIpc) is 3.16. The standard InChI is InChI=1S/C17H20N2OS/c18-15-5-2-1-4-13(15)7-8-17(20)19-10-3-6-16(19)14-9-11-21-12-14/h1-2,4-5,9,11-12,16H,3,6-8,10,18H2. The van der Waals surface area contributed by atoms with Crippen LogP contribution in [0, 0.1) is 0 Å². The first-order valence-electron chi connectivity index (χ1n) is 7.40. The van der Waals surface area contributed by atoms with Crippen molar-refractivity contribution in [3.05, 3.63) is 52.2 Å². The average molecular weight is 300 g/mol. The number of nitrogens with two attached hydrogens (primary N) is 1. The summed E-state index contributed by atoms with van der Waals surface area (Å²) in [6, 6.07) is 10.2. The van der Waals surface area contributed by atoms with Gasteiger partial charge >= 0.3 is 0 Å². The van der Waals surface area contributed by atoms with Gasteiger partial charge in [0.1, 0.15) is 0 Å². The fourth-order valence-corrected chi connectivity index (χ4v) is 3.73. The lowest BCUT2D eigenvalue weighted by atomic mass is 10.1. The molecule has 1 aromatic carbocycles. The van der Waals surface area contributed by atoms with E-state index in [0.29, 0.717) is 6.42 Å². The van der Waals surface area contributed by atoms with Crippen LogP contribution in [0.2, 0.25) is 0 Å². The summed E-state index contributed by atoms with van der Waals surface area (Å²) in [7, 11) is 0. The molecule has 0 bridgehead atoms. The van der Waals surface area contributed by atoms with Gasteiger partial charge in [-0.3, -0.25) is 4.79 Å². The van der Waals surface area contributed by atoms with E-state index in [-0.39, 0.29) is 11.9 Å². The summed E-state index contributed by atoms with van der Waals surface area (Å²) in [5.41, 5.74) is 9.07. The Kier molecular flexibility index (Phi) is 4.25. The molecule has 2 heterocycles. The number of nitrogen functional groups attached to an aromatic ring is 1. The molecule has 1 aliphatic rings. The largest absolute Gasteiger partial charge is 0.399 e. The third-order valence-corrected chi connectivity index (χ3v) is 4.87. The number of benzene rings is 1. The lowest BCUT2D eigenvalue weighted by Crippen LogP contribution is -2.30. The minimum Gasteiger partial charge on any atom is -0.399 e. The molecule has 2 aromatic rings. The van der Waals surface area contributed by atoms with Gasteiger partial charge in [0.05, 0.1) is 6.04 Å². The van der Waals surface area contributed by atoms with Gasteiger partial charge in [0.25, 0.3) is 0 Å². The molecule has 3 nitrogen and oxygen atoms in total. The number of hydrogen-bond donors (Lipinski definition) is 1. The maximum atomic E-state index is 12.5. The van der Waals surface area contributed by atoms with E-state index in [2.05, 4.69) is 16.8 Å². The number of carbonyl (C=O) groups excluding carboxylic acids is 1. The van der Waals surface area contributed by atoms with Crippen molar-refractivity contribution in [2.75, 3.05) is 12.3 Å². The summed E-state index contributed by atoms with van der Waals surface area (Å²) in [6.45, 7) is 0.879. The molecule has 0 radical (unpaired) electrons. The van der Waals surface area contributed by atoms with E-state index in [1.54, 1.807) is 11.3 Å². The number of para-hydroxylation sites is 1. The predicted molar refractivity (Wildman–Crippen MR) is 87.2 cm³/mol. The Labute approximate surface area is 129 Å². The van der Waals surface area contributed by atoms with Crippen molar-refractivity contribution in [2.24, 2.45) is 0 Å². The van der Waals surface area contributed by atoms with Crippen molar-refractivity contribution in [3.63, 3.8) is 0 Å². The van der Waals surface area contributed by atoms with Crippen LogP contribution >= 0.6 is 11.3 Å². The molecular formula is C17H20N2OS. The molecule has 1 unspecified atom stereocenters. The van der Waals surface area contributed by atoms with Crippen LogP contribution in [-0.4, -0.2) is 17.4 Å². The van der Waals surface area contributed by atoms with Gasteiger partial charge in [-0.2, -0.15) is 11.3 Å². The molecule has 1 saturated heterocycles. The lowest BCUT2D eigenvalue weighted by Gasteiger charge is -2.24. The molecular weight excluding hydrogens is 280 g/mol. The molecule has 21 heavy (non-hydrogen) atoms. The Morgan fingerprint density at radius 1 is 1.33 bits per heavy atom. The summed E-state index contributed by atoms with van der Waals surface area (Å²) in [5, 5.41) is 4.24. The van der Waals surface area contributed by atoms with Gasteiger partial charge in [-0.25, -0.2) is 0 Å². The highest BCUT2D eigenvalue weighted by Gasteiger charge is 2.29. The second-order valence-corrected chi connectivity index (χ2v) is 6.28. The first-order chi connectivity index (χ1) is 10.3. The third kappa shape index (κ3) is 3.10. The van der Waals surface area contributed by atoms with Crippen molar-refractivity contribution < 1.29 is 4.79 Å². The Hall–Kier alpha value is -1.81. The predicted octanol–water partition coefficient (Wildman–Crippen LogP) is 3.63.